The van der Waals surface area contributed by atoms with Crippen LogP contribution in [0.3, 0.4) is 0 Å². The third-order valence-electron chi connectivity index (χ3n) is 5.77. The predicted octanol–water partition coefficient (Wildman–Crippen LogP) is 3.46. The highest BCUT2D eigenvalue weighted by atomic mass is 32.2. The number of hydrogen-bond acceptors (Lipinski definition) is 3. The average molecular weight is 415 g/mol. The SMILES string of the molecule is Cc1ccccc1CS(=O)(=O)N1CCC(C(=O)NC[C@H](C)c2ccccc2)CC1. The van der Waals surface area contributed by atoms with Crippen molar-refractivity contribution in [3.63, 3.8) is 0 Å². The Labute approximate surface area is 174 Å². The van der Waals surface area contributed by atoms with Gasteiger partial charge in [0.15, 0.2) is 0 Å². The van der Waals surface area contributed by atoms with Crippen LogP contribution in [0.15, 0.2) is 54.6 Å². The lowest BCUT2D eigenvalue weighted by atomic mass is 9.96. The van der Waals surface area contributed by atoms with Gasteiger partial charge in [0.05, 0.1) is 5.75 Å². The van der Waals surface area contributed by atoms with Crippen molar-refractivity contribution >= 4 is 15.9 Å². The zero-order valence-corrected chi connectivity index (χ0v) is 18.0. The molecule has 0 aliphatic carbocycles. The molecule has 1 aliphatic rings. The summed E-state index contributed by atoms with van der Waals surface area (Å²) in [6, 6.07) is 17.7. The summed E-state index contributed by atoms with van der Waals surface area (Å²) in [7, 11) is -3.37. The van der Waals surface area contributed by atoms with Crippen molar-refractivity contribution in [3.8, 4) is 0 Å². The minimum atomic E-state index is -3.37. The maximum Gasteiger partial charge on any atom is 0.223 e. The molecule has 156 valence electrons. The van der Waals surface area contributed by atoms with E-state index in [4.69, 9.17) is 0 Å². The molecule has 1 heterocycles. The summed E-state index contributed by atoms with van der Waals surface area (Å²) >= 11 is 0. The van der Waals surface area contributed by atoms with Gasteiger partial charge in [-0.3, -0.25) is 4.79 Å². The minimum Gasteiger partial charge on any atom is -0.355 e. The number of carbonyl (C=O) groups is 1. The molecule has 0 radical (unpaired) electrons. The Morgan fingerprint density at radius 2 is 1.69 bits per heavy atom. The number of nitrogens with zero attached hydrogens (tertiary/aromatic N) is 1. The molecule has 1 aliphatic heterocycles. The Morgan fingerprint density at radius 3 is 2.34 bits per heavy atom. The maximum absolute atomic E-state index is 12.8. The Morgan fingerprint density at radius 1 is 1.07 bits per heavy atom. The molecule has 1 atom stereocenters. The van der Waals surface area contributed by atoms with Gasteiger partial charge in [-0.15, -0.1) is 0 Å². The van der Waals surface area contributed by atoms with Crippen molar-refractivity contribution in [2.75, 3.05) is 19.6 Å². The van der Waals surface area contributed by atoms with E-state index in [-0.39, 0.29) is 23.5 Å². The van der Waals surface area contributed by atoms with Gasteiger partial charge >= 0.3 is 0 Å². The molecule has 2 aromatic carbocycles. The highest BCUT2D eigenvalue weighted by molar-refractivity contribution is 7.88. The van der Waals surface area contributed by atoms with Crippen LogP contribution in [0.2, 0.25) is 0 Å². The van der Waals surface area contributed by atoms with Crippen LogP contribution >= 0.6 is 0 Å². The van der Waals surface area contributed by atoms with E-state index in [2.05, 4.69) is 24.4 Å². The van der Waals surface area contributed by atoms with Crippen LogP contribution in [-0.2, 0) is 20.6 Å². The molecular weight excluding hydrogens is 384 g/mol. The zero-order valence-electron chi connectivity index (χ0n) is 17.2. The number of aryl methyl sites for hydroxylation is 1. The predicted molar refractivity (Wildman–Crippen MR) is 116 cm³/mol. The lowest BCUT2D eigenvalue weighted by Gasteiger charge is -2.31. The number of rotatable bonds is 7. The molecule has 0 bridgehead atoms. The monoisotopic (exact) mass is 414 g/mol. The number of hydrogen-bond donors (Lipinski definition) is 1. The molecule has 1 N–H and O–H groups in total. The Kier molecular flexibility index (Phi) is 7.09. The van der Waals surface area contributed by atoms with Crippen molar-refractivity contribution in [1.29, 1.82) is 0 Å². The molecule has 29 heavy (non-hydrogen) atoms. The number of piperidine rings is 1. The molecule has 2 aromatic rings. The van der Waals surface area contributed by atoms with E-state index in [0.717, 1.165) is 11.1 Å². The number of benzene rings is 2. The van der Waals surface area contributed by atoms with Gasteiger partial charge in [0.2, 0.25) is 15.9 Å². The molecule has 0 saturated carbocycles. The van der Waals surface area contributed by atoms with Crippen LogP contribution in [0.4, 0.5) is 0 Å². The number of sulfonamides is 1. The van der Waals surface area contributed by atoms with Gasteiger partial charge in [0.1, 0.15) is 0 Å². The van der Waals surface area contributed by atoms with Crippen LogP contribution in [0, 0.1) is 12.8 Å². The summed E-state index contributed by atoms with van der Waals surface area (Å²) < 4.78 is 27.1. The van der Waals surface area contributed by atoms with Crippen LogP contribution < -0.4 is 5.32 Å². The maximum atomic E-state index is 12.8. The molecule has 3 rings (SSSR count). The Hall–Kier alpha value is -2.18. The highest BCUT2D eigenvalue weighted by Gasteiger charge is 2.31. The topological polar surface area (TPSA) is 66.5 Å². The van der Waals surface area contributed by atoms with Crippen LogP contribution in [0.25, 0.3) is 0 Å². The fourth-order valence-electron chi connectivity index (χ4n) is 3.75. The molecule has 1 fully saturated rings. The van der Waals surface area contributed by atoms with Gasteiger partial charge in [-0.2, -0.15) is 0 Å². The summed E-state index contributed by atoms with van der Waals surface area (Å²) in [4.78, 5) is 12.5. The summed E-state index contributed by atoms with van der Waals surface area (Å²) in [5.74, 6) is 0.173. The first-order valence-electron chi connectivity index (χ1n) is 10.2. The Bertz CT molecular complexity index is 920. The van der Waals surface area contributed by atoms with E-state index >= 15 is 0 Å². The molecule has 1 amide bonds. The first kappa shape index (κ1) is 21.5. The van der Waals surface area contributed by atoms with Gasteiger partial charge in [-0.25, -0.2) is 12.7 Å². The third kappa shape index (κ3) is 5.67. The Balaban J connectivity index is 1.49. The summed E-state index contributed by atoms with van der Waals surface area (Å²) in [6.07, 6.45) is 1.14. The van der Waals surface area contributed by atoms with E-state index in [1.165, 1.54) is 9.87 Å². The molecule has 0 unspecified atom stereocenters. The molecule has 6 heteroatoms. The van der Waals surface area contributed by atoms with Gasteiger partial charge in [-0.05, 0) is 42.4 Å². The van der Waals surface area contributed by atoms with E-state index in [1.54, 1.807) is 0 Å². The van der Waals surface area contributed by atoms with Crippen molar-refractivity contribution in [2.45, 2.75) is 38.4 Å². The van der Waals surface area contributed by atoms with Crippen molar-refractivity contribution in [2.24, 2.45) is 5.92 Å². The second-order valence-electron chi connectivity index (χ2n) is 7.91. The van der Waals surface area contributed by atoms with E-state index in [9.17, 15) is 13.2 Å². The molecule has 0 aromatic heterocycles. The third-order valence-corrected chi connectivity index (χ3v) is 7.60. The van der Waals surface area contributed by atoms with E-state index in [0.29, 0.717) is 32.5 Å². The average Bonchev–Trinajstić information content (AvgIpc) is 2.74. The normalized spacial score (nSPS) is 17.0. The number of nitrogens with one attached hydrogen (secondary N) is 1. The largest absolute Gasteiger partial charge is 0.355 e. The fraction of sp³-hybridized carbons (Fsp3) is 0.435. The first-order chi connectivity index (χ1) is 13.9. The van der Waals surface area contributed by atoms with E-state index in [1.807, 2.05) is 49.4 Å². The lowest BCUT2D eigenvalue weighted by molar-refractivity contribution is -0.126. The van der Waals surface area contributed by atoms with Crippen LogP contribution in [-0.4, -0.2) is 38.3 Å². The number of carbonyl (C=O) groups excluding carboxylic acids is 1. The molecule has 5 nitrogen and oxygen atoms in total. The first-order valence-corrected chi connectivity index (χ1v) is 11.8. The smallest absolute Gasteiger partial charge is 0.223 e. The fourth-order valence-corrected chi connectivity index (χ4v) is 5.42. The zero-order chi connectivity index (χ0) is 20.9. The van der Waals surface area contributed by atoms with Gasteiger partial charge in [0, 0.05) is 25.6 Å². The van der Waals surface area contributed by atoms with Crippen LogP contribution in [0.5, 0.6) is 0 Å². The number of amides is 1. The molecule has 0 spiro atoms. The second-order valence-corrected chi connectivity index (χ2v) is 9.88. The highest BCUT2D eigenvalue weighted by Crippen LogP contribution is 2.23. The lowest BCUT2D eigenvalue weighted by Crippen LogP contribution is -2.43. The van der Waals surface area contributed by atoms with Crippen molar-refractivity contribution in [3.05, 3.63) is 71.3 Å². The van der Waals surface area contributed by atoms with Gasteiger partial charge < -0.3 is 5.32 Å². The quantitative estimate of drug-likeness (QED) is 0.755. The van der Waals surface area contributed by atoms with Gasteiger partial charge in [0.25, 0.3) is 0 Å². The standard InChI is InChI=1S/C23H30N2O3S/c1-18-8-6-7-11-22(18)17-29(27,28)25-14-12-21(13-15-25)23(26)24-16-19(2)20-9-4-3-5-10-20/h3-11,19,21H,12-17H2,1-2H3,(H,24,26)/t19-/m0/s1. The summed E-state index contributed by atoms with van der Waals surface area (Å²) in [5, 5.41) is 3.04. The van der Waals surface area contributed by atoms with Crippen molar-refractivity contribution in [1.82, 2.24) is 9.62 Å². The molecular formula is C23H30N2O3S. The van der Waals surface area contributed by atoms with Crippen molar-refractivity contribution < 1.29 is 13.2 Å². The van der Waals surface area contributed by atoms with E-state index < -0.39 is 10.0 Å². The minimum absolute atomic E-state index is 0.0190. The van der Waals surface area contributed by atoms with Crippen LogP contribution in [0.1, 0.15) is 42.4 Å². The second kappa shape index (κ2) is 9.55. The molecule has 1 saturated heterocycles. The summed E-state index contributed by atoms with van der Waals surface area (Å²) in [5.41, 5.74) is 3.02. The summed E-state index contributed by atoms with van der Waals surface area (Å²) in [6.45, 7) is 5.42. The van der Waals surface area contributed by atoms with Gasteiger partial charge in [-0.1, -0.05) is 61.5 Å².